The molecule has 0 radical (unpaired) electrons. The topological polar surface area (TPSA) is 55.1 Å². The molecule has 0 saturated carbocycles. The van der Waals surface area contributed by atoms with Crippen molar-refractivity contribution < 1.29 is 9.21 Å². The summed E-state index contributed by atoms with van der Waals surface area (Å²) in [5.74, 6) is 0.457. The maximum Gasteiger partial charge on any atom is 0.265 e. The highest BCUT2D eigenvalue weighted by Gasteiger charge is 2.11. The summed E-state index contributed by atoms with van der Waals surface area (Å²) in [6.45, 7) is 0. The maximum absolute atomic E-state index is 12.1. The van der Waals surface area contributed by atoms with Gasteiger partial charge in [-0.25, -0.2) is 4.98 Å². The number of thiophene rings is 1. The Morgan fingerprint density at radius 1 is 1.16 bits per heavy atom. The van der Waals surface area contributed by atoms with Gasteiger partial charge in [-0.3, -0.25) is 4.79 Å². The molecule has 2 aromatic carbocycles. The van der Waals surface area contributed by atoms with Crippen LogP contribution in [-0.4, -0.2) is 10.9 Å². The second kappa shape index (κ2) is 6.70. The Balaban J connectivity index is 1.57. The molecule has 4 rings (SSSR count). The van der Waals surface area contributed by atoms with Crippen molar-refractivity contribution in [1.29, 1.82) is 0 Å². The summed E-state index contributed by atoms with van der Waals surface area (Å²) in [5.41, 5.74) is 3.02. The summed E-state index contributed by atoms with van der Waals surface area (Å²) in [6, 6.07) is 16.7. The van der Waals surface area contributed by atoms with Gasteiger partial charge in [0.2, 0.25) is 0 Å². The molecule has 1 N–H and O–H groups in total. The quantitative estimate of drug-likeness (QED) is 0.525. The number of nitrogens with zero attached hydrogens (tertiary/aromatic N) is 1. The van der Waals surface area contributed by atoms with Gasteiger partial charge in [-0.1, -0.05) is 35.9 Å². The number of benzene rings is 2. The number of rotatable bonds is 4. The number of amides is 1. The van der Waals surface area contributed by atoms with E-state index in [1.807, 2.05) is 41.8 Å². The Hall–Kier alpha value is -2.63. The fourth-order valence-corrected chi connectivity index (χ4v) is 3.36. The van der Waals surface area contributed by atoms with Gasteiger partial charge in [0.05, 0.1) is 11.3 Å². The molecular weight excluding hydrogens is 356 g/mol. The van der Waals surface area contributed by atoms with E-state index in [1.54, 1.807) is 18.2 Å². The van der Waals surface area contributed by atoms with Crippen LogP contribution >= 0.6 is 22.9 Å². The van der Waals surface area contributed by atoms with Crippen LogP contribution in [0.5, 0.6) is 0 Å². The highest BCUT2D eigenvalue weighted by atomic mass is 35.5. The van der Waals surface area contributed by atoms with Gasteiger partial charge in [0, 0.05) is 10.7 Å². The van der Waals surface area contributed by atoms with Crippen LogP contribution in [0.25, 0.3) is 11.1 Å². The fourth-order valence-electron chi connectivity index (χ4n) is 2.53. The van der Waals surface area contributed by atoms with Gasteiger partial charge in [0.1, 0.15) is 5.52 Å². The standard InChI is InChI=1S/C19H13ClN2O2S/c20-14-5-2-1-4-12(14)10-18-22-15-11-13(7-8-16(15)24-18)21-19(23)17-6-3-9-25-17/h1-9,11H,10H2,(H,21,23). The van der Waals surface area contributed by atoms with Gasteiger partial charge in [0.15, 0.2) is 11.5 Å². The highest BCUT2D eigenvalue weighted by Crippen LogP contribution is 2.24. The Labute approximate surface area is 153 Å². The molecule has 2 heterocycles. The number of hydrogen-bond donors (Lipinski definition) is 1. The Kier molecular flexibility index (Phi) is 4.26. The molecule has 0 saturated heterocycles. The first-order valence-electron chi connectivity index (χ1n) is 7.67. The number of halogens is 1. The summed E-state index contributed by atoms with van der Waals surface area (Å²) in [4.78, 5) is 17.3. The summed E-state index contributed by atoms with van der Waals surface area (Å²) in [7, 11) is 0. The number of carbonyl (C=O) groups is 1. The smallest absolute Gasteiger partial charge is 0.265 e. The molecule has 0 unspecified atom stereocenters. The predicted octanol–water partition coefficient (Wildman–Crippen LogP) is 5.39. The number of hydrogen-bond acceptors (Lipinski definition) is 4. The largest absolute Gasteiger partial charge is 0.440 e. The molecule has 4 aromatic rings. The zero-order chi connectivity index (χ0) is 17.2. The van der Waals surface area contributed by atoms with Gasteiger partial charge in [0.25, 0.3) is 5.91 Å². The van der Waals surface area contributed by atoms with E-state index in [4.69, 9.17) is 16.0 Å². The first kappa shape index (κ1) is 15.9. The minimum Gasteiger partial charge on any atom is -0.440 e. The van der Waals surface area contributed by atoms with Crippen LogP contribution in [0.4, 0.5) is 5.69 Å². The fraction of sp³-hybridized carbons (Fsp3) is 0.0526. The predicted molar refractivity (Wildman–Crippen MR) is 101 cm³/mol. The summed E-state index contributed by atoms with van der Waals surface area (Å²) in [6.07, 6.45) is 0.519. The van der Waals surface area contributed by atoms with Crippen LogP contribution in [0, 0.1) is 0 Å². The lowest BCUT2D eigenvalue weighted by Crippen LogP contribution is -2.09. The van der Waals surface area contributed by atoms with Crippen molar-refractivity contribution in [2.75, 3.05) is 5.32 Å². The van der Waals surface area contributed by atoms with Gasteiger partial charge in [-0.05, 0) is 41.3 Å². The van der Waals surface area contributed by atoms with Gasteiger partial charge >= 0.3 is 0 Å². The number of fused-ring (bicyclic) bond motifs is 1. The maximum atomic E-state index is 12.1. The normalized spacial score (nSPS) is 10.9. The first-order chi connectivity index (χ1) is 12.2. The van der Waals surface area contributed by atoms with Crippen molar-refractivity contribution >= 4 is 45.6 Å². The van der Waals surface area contributed by atoms with Crippen molar-refractivity contribution in [3.63, 3.8) is 0 Å². The zero-order valence-electron chi connectivity index (χ0n) is 13.0. The van der Waals surface area contributed by atoms with Gasteiger partial charge in [-0.15, -0.1) is 11.3 Å². The minimum absolute atomic E-state index is 0.130. The van der Waals surface area contributed by atoms with Crippen molar-refractivity contribution in [2.24, 2.45) is 0 Å². The molecule has 0 aliphatic heterocycles. The van der Waals surface area contributed by atoms with E-state index in [-0.39, 0.29) is 5.91 Å². The first-order valence-corrected chi connectivity index (χ1v) is 8.92. The van der Waals surface area contributed by atoms with E-state index in [0.29, 0.717) is 39.0 Å². The molecule has 1 amide bonds. The molecule has 124 valence electrons. The Morgan fingerprint density at radius 2 is 2.04 bits per heavy atom. The van der Waals surface area contributed by atoms with E-state index in [2.05, 4.69) is 10.3 Å². The molecule has 2 aromatic heterocycles. The number of anilines is 1. The summed E-state index contributed by atoms with van der Waals surface area (Å²) in [5, 5.41) is 5.43. The van der Waals surface area contributed by atoms with Crippen molar-refractivity contribution in [1.82, 2.24) is 4.98 Å². The molecule has 4 nitrogen and oxygen atoms in total. The van der Waals surface area contributed by atoms with E-state index < -0.39 is 0 Å². The van der Waals surface area contributed by atoms with Crippen LogP contribution < -0.4 is 5.32 Å². The molecule has 25 heavy (non-hydrogen) atoms. The van der Waals surface area contributed by atoms with Crippen LogP contribution in [-0.2, 0) is 6.42 Å². The number of carbonyl (C=O) groups excluding carboxylic acids is 1. The second-order valence-corrected chi connectivity index (χ2v) is 6.84. The highest BCUT2D eigenvalue weighted by molar-refractivity contribution is 7.12. The lowest BCUT2D eigenvalue weighted by molar-refractivity contribution is 0.103. The van der Waals surface area contributed by atoms with E-state index in [9.17, 15) is 4.79 Å². The van der Waals surface area contributed by atoms with Crippen LogP contribution in [0.1, 0.15) is 21.1 Å². The Morgan fingerprint density at radius 3 is 2.84 bits per heavy atom. The van der Waals surface area contributed by atoms with E-state index in [0.717, 1.165) is 5.56 Å². The lowest BCUT2D eigenvalue weighted by Gasteiger charge is -2.02. The number of oxazole rings is 1. The third kappa shape index (κ3) is 3.43. The number of nitrogens with one attached hydrogen (secondary N) is 1. The summed E-state index contributed by atoms with van der Waals surface area (Å²) >= 11 is 7.59. The third-order valence-electron chi connectivity index (χ3n) is 3.73. The summed E-state index contributed by atoms with van der Waals surface area (Å²) < 4.78 is 5.78. The van der Waals surface area contributed by atoms with Crippen LogP contribution in [0.3, 0.4) is 0 Å². The average Bonchev–Trinajstić information content (AvgIpc) is 3.26. The Bertz CT molecular complexity index is 1040. The molecule has 0 aliphatic rings. The van der Waals surface area contributed by atoms with E-state index >= 15 is 0 Å². The van der Waals surface area contributed by atoms with Crippen molar-refractivity contribution in [3.05, 3.63) is 81.3 Å². The molecule has 0 atom stereocenters. The third-order valence-corrected chi connectivity index (χ3v) is 4.97. The average molecular weight is 369 g/mol. The van der Waals surface area contributed by atoms with Gasteiger partial charge in [-0.2, -0.15) is 0 Å². The van der Waals surface area contributed by atoms with Gasteiger partial charge < -0.3 is 9.73 Å². The van der Waals surface area contributed by atoms with E-state index in [1.165, 1.54) is 11.3 Å². The molecule has 6 heteroatoms. The zero-order valence-corrected chi connectivity index (χ0v) is 14.6. The number of aromatic nitrogens is 1. The lowest BCUT2D eigenvalue weighted by atomic mass is 10.1. The minimum atomic E-state index is -0.130. The van der Waals surface area contributed by atoms with Crippen molar-refractivity contribution in [3.8, 4) is 0 Å². The van der Waals surface area contributed by atoms with Crippen LogP contribution in [0.15, 0.2) is 64.4 Å². The molecule has 0 fully saturated rings. The SMILES string of the molecule is O=C(Nc1ccc2oc(Cc3ccccc3Cl)nc2c1)c1cccs1. The molecule has 0 spiro atoms. The molecule has 0 aliphatic carbocycles. The molecular formula is C19H13ClN2O2S. The second-order valence-electron chi connectivity index (χ2n) is 5.49. The van der Waals surface area contributed by atoms with Crippen molar-refractivity contribution in [2.45, 2.75) is 6.42 Å². The van der Waals surface area contributed by atoms with Crippen LogP contribution in [0.2, 0.25) is 5.02 Å². The molecule has 0 bridgehead atoms. The monoisotopic (exact) mass is 368 g/mol.